The zero-order valence-corrected chi connectivity index (χ0v) is 15.6. The van der Waals surface area contributed by atoms with Gasteiger partial charge < -0.3 is 14.2 Å². The highest BCUT2D eigenvalue weighted by Gasteiger charge is 2.28. The van der Waals surface area contributed by atoms with Crippen molar-refractivity contribution in [3.8, 4) is 5.88 Å². The van der Waals surface area contributed by atoms with Crippen LogP contribution in [0.3, 0.4) is 0 Å². The lowest BCUT2D eigenvalue weighted by molar-refractivity contribution is -0.154. The van der Waals surface area contributed by atoms with Gasteiger partial charge in [-0.05, 0) is 11.6 Å². The van der Waals surface area contributed by atoms with E-state index in [1.54, 1.807) is 0 Å². The second kappa shape index (κ2) is 9.71. The molecule has 0 aliphatic carbocycles. The highest BCUT2D eigenvalue weighted by molar-refractivity contribution is 5.89. The van der Waals surface area contributed by atoms with Crippen LogP contribution >= 0.6 is 0 Å². The summed E-state index contributed by atoms with van der Waals surface area (Å²) in [5.41, 5.74) is 1.32. The Labute approximate surface area is 166 Å². The van der Waals surface area contributed by atoms with E-state index in [4.69, 9.17) is 9.47 Å². The van der Waals surface area contributed by atoms with E-state index in [0.29, 0.717) is 13.2 Å². The first-order chi connectivity index (χ1) is 13.9. The van der Waals surface area contributed by atoms with Crippen LogP contribution in [0.25, 0.3) is 0 Å². The van der Waals surface area contributed by atoms with Crippen LogP contribution < -0.4 is 4.74 Å². The molecule has 29 heavy (non-hydrogen) atoms. The third-order valence-electron chi connectivity index (χ3n) is 4.23. The van der Waals surface area contributed by atoms with Crippen molar-refractivity contribution in [1.29, 1.82) is 0 Å². The summed E-state index contributed by atoms with van der Waals surface area (Å²) >= 11 is 0. The number of nitrogens with zero attached hydrogens (tertiary/aromatic N) is 2. The minimum Gasteiger partial charge on any atom is -0.468 e. The molecule has 156 valence electrons. The maximum absolute atomic E-state index is 12.1. The summed E-state index contributed by atoms with van der Waals surface area (Å²) in [6, 6.07) is 12.6. The van der Waals surface area contributed by atoms with Crippen LogP contribution in [-0.2, 0) is 16.0 Å². The van der Waals surface area contributed by atoms with Gasteiger partial charge >= 0.3 is 12.1 Å². The number of benzene rings is 1. The van der Waals surface area contributed by atoms with E-state index in [1.165, 1.54) is 17.7 Å². The molecule has 1 fully saturated rings. The average Bonchev–Trinajstić information content (AvgIpc) is 2.71. The molecule has 1 aliphatic heterocycles. The Bertz CT molecular complexity index is 785. The lowest BCUT2D eigenvalue weighted by Gasteiger charge is -2.32. The zero-order valence-electron chi connectivity index (χ0n) is 15.6. The highest BCUT2D eigenvalue weighted by Crippen LogP contribution is 2.17. The minimum absolute atomic E-state index is 0.0798. The fourth-order valence-electron chi connectivity index (χ4n) is 2.86. The Morgan fingerprint density at radius 1 is 1.21 bits per heavy atom. The second-order valence-electron chi connectivity index (χ2n) is 6.60. The fraction of sp³-hybridized carbons (Fsp3) is 0.400. The van der Waals surface area contributed by atoms with Gasteiger partial charge in [0.2, 0.25) is 5.88 Å². The van der Waals surface area contributed by atoms with Gasteiger partial charge in [0.05, 0.1) is 12.2 Å². The summed E-state index contributed by atoms with van der Waals surface area (Å²) in [7, 11) is 0. The predicted molar refractivity (Wildman–Crippen MR) is 97.5 cm³/mol. The van der Waals surface area contributed by atoms with Crippen molar-refractivity contribution < 1.29 is 32.2 Å². The number of halogens is 3. The molecule has 1 saturated heterocycles. The fourth-order valence-corrected chi connectivity index (χ4v) is 2.86. The Hall–Kier alpha value is -2.65. The molecule has 1 aromatic heterocycles. The summed E-state index contributed by atoms with van der Waals surface area (Å²) in [4.78, 5) is 18.1. The third-order valence-corrected chi connectivity index (χ3v) is 4.23. The van der Waals surface area contributed by atoms with Crippen LogP contribution in [0.4, 0.5) is 13.2 Å². The number of esters is 1. The number of carbonyl (C=O) groups is 1. The molecule has 1 aliphatic rings. The number of carbonyl (C=O) groups excluding carboxylic acids is 1. The first-order valence-electron chi connectivity index (χ1n) is 9.10. The number of aromatic nitrogens is 1. The van der Waals surface area contributed by atoms with Crippen LogP contribution in [0, 0.1) is 0 Å². The summed E-state index contributed by atoms with van der Waals surface area (Å²) in [5, 5.41) is 0. The molecule has 0 radical (unpaired) electrons. The predicted octanol–water partition coefficient (Wildman–Crippen LogP) is 3.08. The van der Waals surface area contributed by atoms with E-state index >= 15 is 0 Å². The maximum Gasteiger partial charge on any atom is 0.422 e. The third kappa shape index (κ3) is 7.03. The van der Waals surface area contributed by atoms with Gasteiger partial charge in [-0.15, -0.1) is 0 Å². The van der Waals surface area contributed by atoms with Gasteiger partial charge in [0, 0.05) is 31.9 Å². The van der Waals surface area contributed by atoms with Gasteiger partial charge in [0.1, 0.15) is 12.7 Å². The Kier molecular flexibility index (Phi) is 7.05. The number of morpholine rings is 1. The van der Waals surface area contributed by atoms with Crippen molar-refractivity contribution in [2.24, 2.45) is 0 Å². The number of alkyl halides is 3. The Balaban J connectivity index is 1.45. The molecule has 0 bridgehead atoms. The van der Waals surface area contributed by atoms with E-state index in [9.17, 15) is 18.0 Å². The number of ether oxygens (including phenoxy) is 3. The van der Waals surface area contributed by atoms with E-state index in [1.807, 2.05) is 18.2 Å². The molecule has 3 rings (SSSR count). The van der Waals surface area contributed by atoms with Crippen molar-refractivity contribution in [3.05, 3.63) is 59.8 Å². The summed E-state index contributed by atoms with van der Waals surface area (Å²) in [6.07, 6.45) is -3.58. The SMILES string of the molecule is O=C(OCC1CN(Cc2ccccc2)CCO1)c1ccc(OCC(F)(F)F)nc1. The summed E-state index contributed by atoms with van der Waals surface area (Å²) in [5.74, 6) is -0.838. The van der Waals surface area contributed by atoms with Crippen LogP contribution in [-0.4, -0.2) is 61.0 Å². The van der Waals surface area contributed by atoms with E-state index in [0.717, 1.165) is 19.3 Å². The molecule has 9 heteroatoms. The van der Waals surface area contributed by atoms with E-state index in [-0.39, 0.29) is 24.2 Å². The molecule has 2 aromatic rings. The van der Waals surface area contributed by atoms with Gasteiger partial charge in [-0.3, -0.25) is 4.90 Å². The molecule has 0 spiro atoms. The van der Waals surface area contributed by atoms with Crippen LogP contribution in [0.5, 0.6) is 5.88 Å². The monoisotopic (exact) mass is 410 g/mol. The van der Waals surface area contributed by atoms with Gasteiger partial charge in [0.15, 0.2) is 6.61 Å². The number of rotatable bonds is 7. The largest absolute Gasteiger partial charge is 0.468 e. The van der Waals surface area contributed by atoms with E-state index in [2.05, 4.69) is 26.8 Å². The molecular weight excluding hydrogens is 389 g/mol. The van der Waals surface area contributed by atoms with Crippen LogP contribution in [0.1, 0.15) is 15.9 Å². The summed E-state index contributed by atoms with van der Waals surface area (Å²) < 4.78 is 51.8. The van der Waals surface area contributed by atoms with Gasteiger partial charge in [-0.2, -0.15) is 13.2 Å². The van der Waals surface area contributed by atoms with Crippen LogP contribution in [0.2, 0.25) is 0 Å². The zero-order chi connectivity index (χ0) is 20.7. The van der Waals surface area contributed by atoms with Crippen molar-refractivity contribution >= 4 is 5.97 Å². The van der Waals surface area contributed by atoms with Gasteiger partial charge in [-0.25, -0.2) is 9.78 Å². The molecule has 0 amide bonds. The number of pyridine rings is 1. The van der Waals surface area contributed by atoms with Crippen molar-refractivity contribution in [2.75, 3.05) is 32.9 Å². The summed E-state index contributed by atoms with van der Waals surface area (Å²) in [6.45, 7) is 1.39. The second-order valence-corrected chi connectivity index (χ2v) is 6.60. The molecule has 2 heterocycles. The minimum atomic E-state index is -4.45. The Morgan fingerprint density at radius 2 is 2.00 bits per heavy atom. The topological polar surface area (TPSA) is 60.9 Å². The molecule has 1 aromatic carbocycles. The van der Waals surface area contributed by atoms with Crippen LogP contribution in [0.15, 0.2) is 48.7 Å². The lowest BCUT2D eigenvalue weighted by atomic mass is 10.2. The maximum atomic E-state index is 12.1. The normalized spacial score (nSPS) is 17.7. The van der Waals surface area contributed by atoms with E-state index < -0.39 is 18.8 Å². The number of hydrogen-bond donors (Lipinski definition) is 0. The van der Waals surface area contributed by atoms with Crippen molar-refractivity contribution in [2.45, 2.75) is 18.8 Å². The van der Waals surface area contributed by atoms with Crippen molar-refractivity contribution in [3.63, 3.8) is 0 Å². The molecule has 0 saturated carbocycles. The lowest BCUT2D eigenvalue weighted by Crippen LogP contribution is -2.44. The van der Waals surface area contributed by atoms with Gasteiger partial charge in [-0.1, -0.05) is 30.3 Å². The Morgan fingerprint density at radius 3 is 2.69 bits per heavy atom. The smallest absolute Gasteiger partial charge is 0.422 e. The van der Waals surface area contributed by atoms with Gasteiger partial charge in [0.25, 0.3) is 0 Å². The first kappa shape index (κ1) is 21.1. The molecule has 0 N–H and O–H groups in total. The highest BCUT2D eigenvalue weighted by atomic mass is 19.4. The van der Waals surface area contributed by atoms with Crippen molar-refractivity contribution in [1.82, 2.24) is 9.88 Å². The molecule has 1 unspecified atom stereocenters. The average molecular weight is 410 g/mol. The molecular formula is C20H21F3N2O4. The molecule has 6 nitrogen and oxygen atoms in total. The molecule has 1 atom stereocenters. The number of hydrogen-bond acceptors (Lipinski definition) is 6. The first-order valence-corrected chi connectivity index (χ1v) is 9.10. The standard InChI is InChI=1S/C20H21F3N2O4/c21-20(22,23)14-29-18-7-6-16(10-24-18)19(26)28-13-17-12-25(8-9-27-17)11-15-4-2-1-3-5-15/h1-7,10,17H,8-9,11-14H2. The quantitative estimate of drug-likeness (QED) is 0.654.